The van der Waals surface area contributed by atoms with Gasteiger partial charge in [-0.1, -0.05) is 30.3 Å². The van der Waals surface area contributed by atoms with Gasteiger partial charge in [0.05, 0.1) is 24.8 Å². The molecule has 1 aromatic heterocycles. The molecule has 5 nitrogen and oxygen atoms in total. The fourth-order valence-corrected chi connectivity index (χ4v) is 2.84. The number of nitrogens with zero attached hydrogens (tertiary/aromatic N) is 1. The molecule has 1 atom stereocenters. The topological polar surface area (TPSA) is 64.4 Å². The molecule has 3 aromatic rings. The van der Waals surface area contributed by atoms with Crippen molar-refractivity contribution in [3.63, 3.8) is 0 Å². The minimum absolute atomic E-state index is 0.0904. The quantitative estimate of drug-likeness (QED) is 0.672. The number of ether oxygens (including phenoxy) is 1. The Morgan fingerprint density at radius 2 is 1.85 bits per heavy atom. The van der Waals surface area contributed by atoms with Crippen LogP contribution >= 0.6 is 0 Å². The molecule has 27 heavy (non-hydrogen) atoms. The zero-order valence-corrected chi connectivity index (χ0v) is 15.9. The second kappa shape index (κ2) is 8.54. The first-order valence-electron chi connectivity index (χ1n) is 9.10. The highest BCUT2D eigenvalue weighted by atomic mass is 16.5. The van der Waals surface area contributed by atoms with E-state index in [1.807, 2.05) is 75.4 Å². The third kappa shape index (κ3) is 4.76. The molecule has 1 unspecified atom stereocenters. The Morgan fingerprint density at radius 3 is 2.52 bits per heavy atom. The summed E-state index contributed by atoms with van der Waals surface area (Å²) in [5, 5.41) is 3.01. The van der Waals surface area contributed by atoms with Crippen LogP contribution in [-0.2, 0) is 11.2 Å². The molecule has 0 bridgehead atoms. The Bertz CT molecular complexity index is 886. The highest BCUT2D eigenvalue weighted by molar-refractivity contribution is 5.79. The Labute approximate surface area is 159 Å². The first kappa shape index (κ1) is 18.7. The number of aromatic nitrogens is 1. The number of carbonyl (C=O) groups is 1. The van der Waals surface area contributed by atoms with Crippen molar-refractivity contribution in [2.45, 2.75) is 33.2 Å². The lowest BCUT2D eigenvalue weighted by Crippen LogP contribution is -2.28. The molecule has 5 heteroatoms. The third-order valence-electron chi connectivity index (χ3n) is 4.31. The van der Waals surface area contributed by atoms with Gasteiger partial charge in [-0.3, -0.25) is 4.79 Å². The molecule has 1 heterocycles. The molecular weight excluding hydrogens is 340 g/mol. The summed E-state index contributed by atoms with van der Waals surface area (Å²) in [6.07, 6.45) is 0.184. The van der Waals surface area contributed by atoms with E-state index in [0.29, 0.717) is 24.0 Å². The number of aryl methyl sites for hydroxylation is 1. The van der Waals surface area contributed by atoms with Crippen LogP contribution in [-0.4, -0.2) is 17.5 Å². The van der Waals surface area contributed by atoms with Crippen molar-refractivity contribution in [3.05, 3.63) is 71.6 Å². The van der Waals surface area contributed by atoms with Crippen LogP contribution in [0.25, 0.3) is 11.5 Å². The van der Waals surface area contributed by atoms with E-state index in [1.54, 1.807) is 0 Å². The van der Waals surface area contributed by atoms with Gasteiger partial charge >= 0.3 is 0 Å². The number of hydrogen-bond acceptors (Lipinski definition) is 4. The summed E-state index contributed by atoms with van der Waals surface area (Å²) in [7, 11) is 0. The zero-order valence-electron chi connectivity index (χ0n) is 15.9. The van der Waals surface area contributed by atoms with Gasteiger partial charge in [0.25, 0.3) is 0 Å². The number of nitrogens with one attached hydrogen (secondary N) is 1. The van der Waals surface area contributed by atoms with Crippen LogP contribution in [0.1, 0.15) is 36.9 Å². The average molecular weight is 364 g/mol. The molecule has 0 spiro atoms. The van der Waals surface area contributed by atoms with E-state index in [-0.39, 0.29) is 18.4 Å². The molecule has 0 saturated carbocycles. The van der Waals surface area contributed by atoms with Crippen LogP contribution in [0, 0.1) is 6.92 Å². The molecule has 0 radical (unpaired) electrons. The molecule has 0 aliphatic heterocycles. The number of hydrogen-bond donors (Lipinski definition) is 1. The monoisotopic (exact) mass is 364 g/mol. The minimum atomic E-state index is -0.103. The smallest absolute Gasteiger partial charge is 0.226 e. The largest absolute Gasteiger partial charge is 0.494 e. The SMILES string of the molecule is CCOc1ccc(C(C)NC(=O)Cc2nc(-c3ccccc3)oc2C)cc1. The number of benzene rings is 2. The van der Waals surface area contributed by atoms with Gasteiger partial charge in [-0.05, 0) is 50.6 Å². The summed E-state index contributed by atoms with van der Waals surface area (Å²) in [6, 6.07) is 17.3. The first-order valence-corrected chi connectivity index (χ1v) is 9.10. The Hall–Kier alpha value is -3.08. The van der Waals surface area contributed by atoms with Crippen LogP contribution in [0.3, 0.4) is 0 Å². The van der Waals surface area contributed by atoms with Gasteiger partial charge in [0.15, 0.2) is 0 Å². The maximum atomic E-state index is 12.4. The van der Waals surface area contributed by atoms with Crippen LogP contribution in [0.5, 0.6) is 5.75 Å². The Kier molecular flexibility index (Phi) is 5.91. The van der Waals surface area contributed by atoms with Crippen molar-refractivity contribution in [1.82, 2.24) is 10.3 Å². The highest BCUT2D eigenvalue weighted by Crippen LogP contribution is 2.22. The van der Waals surface area contributed by atoms with Crippen molar-refractivity contribution >= 4 is 5.91 Å². The predicted molar refractivity (Wildman–Crippen MR) is 105 cm³/mol. The fraction of sp³-hybridized carbons (Fsp3) is 0.273. The molecule has 2 aromatic carbocycles. The van der Waals surface area contributed by atoms with E-state index < -0.39 is 0 Å². The summed E-state index contributed by atoms with van der Waals surface area (Å²) < 4.78 is 11.2. The van der Waals surface area contributed by atoms with Crippen molar-refractivity contribution in [2.24, 2.45) is 0 Å². The van der Waals surface area contributed by atoms with Gasteiger partial charge < -0.3 is 14.5 Å². The number of amides is 1. The lowest BCUT2D eigenvalue weighted by molar-refractivity contribution is -0.121. The van der Waals surface area contributed by atoms with E-state index >= 15 is 0 Å². The van der Waals surface area contributed by atoms with Gasteiger partial charge in [-0.15, -0.1) is 0 Å². The maximum absolute atomic E-state index is 12.4. The molecule has 0 saturated heterocycles. The standard InChI is InChI=1S/C22H24N2O3/c1-4-26-19-12-10-17(11-13-19)15(2)23-21(25)14-20-16(3)27-22(24-20)18-8-6-5-7-9-18/h5-13,15H,4,14H2,1-3H3,(H,23,25). The zero-order chi connectivity index (χ0) is 19.2. The summed E-state index contributed by atoms with van der Waals surface area (Å²) in [5.74, 6) is 1.94. The molecule has 0 aliphatic rings. The van der Waals surface area contributed by atoms with Crippen LogP contribution in [0.2, 0.25) is 0 Å². The van der Waals surface area contributed by atoms with Crippen molar-refractivity contribution in [1.29, 1.82) is 0 Å². The first-order chi connectivity index (χ1) is 13.1. The Morgan fingerprint density at radius 1 is 1.15 bits per heavy atom. The third-order valence-corrected chi connectivity index (χ3v) is 4.31. The molecule has 1 amide bonds. The van der Waals surface area contributed by atoms with Gasteiger partial charge in [0.2, 0.25) is 11.8 Å². The van der Waals surface area contributed by atoms with E-state index in [1.165, 1.54) is 0 Å². The number of oxazole rings is 1. The molecule has 0 aliphatic carbocycles. The van der Waals surface area contributed by atoms with Crippen molar-refractivity contribution in [2.75, 3.05) is 6.61 Å². The molecule has 1 N–H and O–H groups in total. The van der Waals surface area contributed by atoms with Crippen LogP contribution < -0.4 is 10.1 Å². The van der Waals surface area contributed by atoms with E-state index in [2.05, 4.69) is 10.3 Å². The van der Waals surface area contributed by atoms with Gasteiger partial charge in [-0.25, -0.2) is 4.98 Å². The number of carbonyl (C=O) groups excluding carboxylic acids is 1. The van der Waals surface area contributed by atoms with Crippen molar-refractivity contribution in [3.8, 4) is 17.2 Å². The molecule has 140 valence electrons. The van der Waals surface area contributed by atoms with E-state index in [4.69, 9.17) is 9.15 Å². The summed E-state index contributed by atoms with van der Waals surface area (Å²) in [4.78, 5) is 16.9. The second-order valence-electron chi connectivity index (χ2n) is 6.36. The van der Waals surface area contributed by atoms with Gasteiger partial charge in [0, 0.05) is 5.56 Å². The lowest BCUT2D eigenvalue weighted by atomic mass is 10.1. The molecule has 3 rings (SSSR count). The Balaban J connectivity index is 1.63. The van der Waals surface area contributed by atoms with E-state index in [0.717, 1.165) is 16.9 Å². The van der Waals surface area contributed by atoms with Gasteiger partial charge in [0.1, 0.15) is 11.5 Å². The normalized spacial score (nSPS) is 11.8. The number of rotatable bonds is 7. The highest BCUT2D eigenvalue weighted by Gasteiger charge is 2.16. The molecular formula is C22H24N2O3. The van der Waals surface area contributed by atoms with Crippen LogP contribution in [0.15, 0.2) is 59.0 Å². The summed E-state index contributed by atoms with van der Waals surface area (Å²) >= 11 is 0. The van der Waals surface area contributed by atoms with Crippen molar-refractivity contribution < 1.29 is 13.9 Å². The summed E-state index contributed by atoms with van der Waals surface area (Å²) in [6.45, 7) is 6.37. The summed E-state index contributed by atoms with van der Waals surface area (Å²) in [5.41, 5.74) is 2.58. The fourth-order valence-electron chi connectivity index (χ4n) is 2.84. The second-order valence-corrected chi connectivity index (χ2v) is 6.36. The minimum Gasteiger partial charge on any atom is -0.494 e. The predicted octanol–water partition coefficient (Wildman–Crippen LogP) is 4.47. The lowest BCUT2D eigenvalue weighted by Gasteiger charge is -2.14. The van der Waals surface area contributed by atoms with Gasteiger partial charge in [-0.2, -0.15) is 0 Å². The maximum Gasteiger partial charge on any atom is 0.226 e. The average Bonchev–Trinajstić information content (AvgIpc) is 3.03. The van der Waals surface area contributed by atoms with E-state index in [9.17, 15) is 4.79 Å². The molecule has 0 fully saturated rings. The van der Waals surface area contributed by atoms with Crippen LogP contribution in [0.4, 0.5) is 0 Å².